The van der Waals surface area contributed by atoms with Crippen molar-refractivity contribution in [1.29, 1.82) is 0 Å². The van der Waals surface area contributed by atoms with Gasteiger partial charge in [0.2, 0.25) is 4.80 Å². The number of nitrogens with one attached hydrogen (secondary N) is 1. The maximum atomic E-state index is 12.1. The molecule has 2 aromatic carbocycles. The van der Waals surface area contributed by atoms with Crippen molar-refractivity contribution in [1.82, 2.24) is 9.99 Å². The molecule has 0 bridgehead atoms. The van der Waals surface area contributed by atoms with Crippen molar-refractivity contribution in [2.45, 2.75) is 20.4 Å². The molecular weight excluding hydrogens is 414 g/mol. The Hall–Kier alpha value is -3.65. The van der Waals surface area contributed by atoms with Gasteiger partial charge in [-0.1, -0.05) is 30.3 Å². The fourth-order valence-corrected chi connectivity index (χ4v) is 4.17. The lowest BCUT2D eigenvalue weighted by atomic mass is 10.0. The standard InChI is InChI=1S/C23H21N3O4S/c1-3-26-15(2)14-31-23(26)25-24-21(27)13-29-17-9-10-18-19(16-7-5-4-6-8-16)12-22(28)30-20(18)11-17/h4-12,14H,3,13H2,1-2H3,(H,24,27)/b25-23-. The van der Waals surface area contributed by atoms with Crippen LogP contribution in [0.3, 0.4) is 0 Å². The van der Waals surface area contributed by atoms with E-state index in [0.717, 1.165) is 28.8 Å². The molecule has 158 valence electrons. The monoisotopic (exact) mass is 435 g/mol. The minimum absolute atomic E-state index is 0.214. The molecule has 0 aliphatic carbocycles. The lowest BCUT2D eigenvalue weighted by Gasteiger charge is -2.08. The molecule has 7 nitrogen and oxygen atoms in total. The number of nitrogens with zero attached hydrogens (tertiary/aromatic N) is 2. The normalized spacial score (nSPS) is 11.6. The fourth-order valence-electron chi connectivity index (χ4n) is 3.27. The van der Waals surface area contributed by atoms with Gasteiger partial charge in [0.25, 0.3) is 5.91 Å². The number of carbonyl (C=O) groups is 1. The Labute approximate surface area is 182 Å². The van der Waals surface area contributed by atoms with E-state index in [-0.39, 0.29) is 12.5 Å². The zero-order valence-corrected chi connectivity index (χ0v) is 17.9. The van der Waals surface area contributed by atoms with Crippen LogP contribution in [0.2, 0.25) is 0 Å². The van der Waals surface area contributed by atoms with E-state index in [1.165, 1.54) is 17.4 Å². The molecule has 0 atom stereocenters. The van der Waals surface area contributed by atoms with Crippen molar-refractivity contribution < 1.29 is 13.9 Å². The van der Waals surface area contributed by atoms with Crippen molar-refractivity contribution in [3.63, 3.8) is 0 Å². The average molecular weight is 436 g/mol. The molecular formula is C23H21N3O4S. The second kappa shape index (κ2) is 9.01. The van der Waals surface area contributed by atoms with Gasteiger partial charge in [0, 0.05) is 35.1 Å². The van der Waals surface area contributed by atoms with E-state index in [0.29, 0.717) is 16.1 Å². The smallest absolute Gasteiger partial charge is 0.336 e. The van der Waals surface area contributed by atoms with Crippen LogP contribution in [0.1, 0.15) is 12.6 Å². The topological polar surface area (TPSA) is 85.8 Å². The van der Waals surface area contributed by atoms with Gasteiger partial charge in [-0.2, -0.15) is 0 Å². The highest BCUT2D eigenvalue weighted by Gasteiger charge is 2.10. The summed E-state index contributed by atoms with van der Waals surface area (Å²) in [5, 5.41) is 6.93. The average Bonchev–Trinajstić information content (AvgIpc) is 3.15. The zero-order valence-electron chi connectivity index (χ0n) is 17.1. The lowest BCUT2D eigenvalue weighted by molar-refractivity contribution is -0.123. The van der Waals surface area contributed by atoms with Crippen LogP contribution < -0.4 is 20.6 Å². The molecule has 31 heavy (non-hydrogen) atoms. The molecule has 0 aliphatic heterocycles. The number of hydrogen-bond acceptors (Lipinski definition) is 6. The van der Waals surface area contributed by atoms with Crippen LogP contribution in [0, 0.1) is 6.92 Å². The summed E-state index contributed by atoms with van der Waals surface area (Å²) >= 11 is 1.46. The molecule has 1 N–H and O–H groups in total. The molecule has 0 aliphatic rings. The second-order valence-corrected chi connectivity index (χ2v) is 7.68. The fraction of sp³-hybridized carbons (Fsp3) is 0.174. The Bertz CT molecular complexity index is 1350. The number of hydrogen-bond donors (Lipinski definition) is 1. The molecule has 0 spiro atoms. The molecule has 0 saturated heterocycles. The first-order chi connectivity index (χ1) is 15.0. The molecule has 0 unspecified atom stereocenters. The highest BCUT2D eigenvalue weighted by atomic mass is 32.1. The van der Waals surface area contributed by atoms with Gasteiger partial charge in [0.1, 0.15) is 11.3 Å². The Morgan fingerprint density at radius 2 is 2.00 bits per heavy atom. The Morgan fingerprint density at radius 3 is 2.77 bits per heavy atom. The third-order valence-corrected chi connectivity index (χ3v) is 5.74. The van der Waals surface area contributed by atoms with Crippen LogP contribution in [0.25, 0.3) is 22.1 Å². The molecule has 4 aromatic rings. The van der Waals surface area contributed by atoms with Crippen molar-refractivity contribution in [2.75, 3.05) is 6.61 Å². The molecule has 0 radical (unpaired) electrons. The van der Waals surface area contributed by atoms with Gasteiger partial charge in [-0.15, -0.1) is 16.4 Å². The van der Waals surface area contributed by atoms with Crippen molar-refractivity contribution in [3.05, 3.63) is 80.9 Å². The predicted octanol–water partition coefficient (Wildman–Crippen LogP) is 3.66. The highest BCUT2D eigenvalue weighted by molar-refractivity contribution is 7.07. The summed E-state index contributed by atoms with van der Waals surface area (Å²) < 4.78 is 12.9. The summed E-state index contributed by atoms with van der Waals surface area (Å²) in [6.45, 7) is 4.57. The summed E-state index contributed by atoms with van der Waals surface area (Å²) in [5.74, 6) is 0.0416. The summed E-state index contributed by atoms with van der Waals surface area (Å²) in [7, 11) is 0. The minimum Gasteiger partial charge on any atom is -0.484 e. The van der Waals surface area contributed by atoms with Gasteiger partial charge in [-0.3, -0.25) is 4.79 Å². The van der Waals surface area contributed by atoms with Gasteiger partial charge >= 0.3 is 5.63 Å². The number of rotatable bonds is 6. The number of benzene rings is 2. The largest absolute Gasteiger partial charge is 0.484 e. The first kappa shape index (κ1) is 20.6. The number of thiazole rings is 1. The summed E-state index contributed by atoms with van der Waals surface area (Å²) in [6.07, 6.45) is 0. The highest BCUT2D eigenvalue weighted by Crippen LogP contribution is 2.29. The second-order valence-electron chi connectivity index (χ2n) is 6.84. The van der Waals surface area contributed by atoms with Gasteiger partial charge < -0.3 is 13.7 Å². The van der Waals surface area contributed by atoms with Crippen LogP contribution in [-0.4, -0.2) is 17.1 Å². The van der Waals surface area contributed by atoms with Gasteiger partial charge in [-0.05, 0) is 37.1 Å². The number of amides is 1. The minimum atomic E-state index is -0.449. The van der Waals surface area contributed by atoms with E-state index >= 15 is 0 Å². The quantitative estimate of drug-likeness (QED) is 0.370. The summed E-state index contributed by atoms with van der Waals surface area (Å²) in [6, 6.07) is 16.3. The van der Waals surface area contributed by atoms with Crippen molar-refractivity contribution in [3.8, 4) is 16.9 Å². The number of fused-ring (bicyclic) bond motifs is 1. The Kier molecular flexibility index (Phi) is 5.99. The van der Waals surface area contributed by atoms with E-state index in [1.54, 1.807) is 12.1 Å². The Balaban J connectivity index is 1.50. The van der Waals surface area contributed by atoms with Crippen molar-refractivity contribution in [2.24, 2.45) is 5.10 Å². The third-order valence-electron chi connectivity index (χ3n) is 4.75. The van der Waals surface area contributed by atoms with Gasteiger partial charge in [0.05, 0.1) is 0 Å². The van der Waals surface area contributed by atoms with Crippen molar-refractivity contribution >= 4 is 28.2 Å². The molecule has 0 saturated carbocycles. The van der Waals surface area contributed by atoms with E-state index in [4.69, 9.17) is 9.15 Å². The number of aromatic nitrogens is 1. The van der Waals surface area contributed by atoms with E-state index in [9.17, 15) is 9.59 Å². The SMILES string of the molecule is CCn1c(C)cs/c1=N\NC(=O)COc1ccc2c(-c3ccccc3)cc(=O)oc2c1. The van der Waals surface area contributed by atoms with Crippen LogP contribution >= 0.6 is 11.3 Å². The molecule has 2 aromatic heterocycles. The van der Waals surface area contributed by atoms with Gasteiger partial charge in [-0.25, -0.2) is 10.2 Å². The van der Waals surface area contributed by atoms with Crippen LogP contribution in [0.4, 0.5) is 0 Å². The first-order valence-electron chi connectivity index (χ1n) is 9.79. The maximum absolute atomic E-state index is 12.1. The maximum Gasteiger partial charge on any atom is 0.336 e. The first-order valence-corrected chi connectivity index (χ1v) is 10.7. The molecule has 1 amide bonds. The lowest BCUT2D eigenvalue weighted by Crippen LogP contribution is -2.28. The van der Waals surface area contributed by atoms with Crippen LogP contribution in [-0.2, 0) is 11.3 Å². The molecule has 8 heteroatoms. The van der Waals surface area contributed by atoms with Gasteiger partial charge in [0.15, 0.2) is 6.61 Å². The predicted molar refractivity (Wildman–Crippen MR) is 120 cm³/mol. The Morgan fingerprint density at radius 1 is 1.19 bits per heavy atom. The van der Waals surface area contributed by atoms with E-state index < -0.39 is 5.63 Å². The van der Waals surface area contributed by atoms with Crippen LogP contribution in [0.15, 0.2) is 74.3 Å². The van der Waals surface area contributed by atoms with E-state index in [2.05, 4.69) is 10.5 Å². The molecule has 2 heterocycles. The number of carbonyl (C=O) groups excluding carboxylic acids is 1. The summed E-state index contributed by atoms with van der Waals surface area (Å²) in [5.41, 5.74) is 5.25. The molecule has 0 fully saturated rings. The zero-order chi connectivity index (χ0) is 21.8. The summed E-state index contributed by atoms with van der Waals surface area (Å²) in [4.78, 5) is 24.9. The molecule has 4 rings (SSSR count). The third kappa shape index (κ3) is 4.59. The number of ether oxygens (including phenoxy) is 1. The van der Waals surface area contributed by atoms with E-state index in [1.807, 2.05) is 60.2 Å². The van der Waals surface area contributed by atoms with Crippen LogP contribution in [0.5, 0.6) is 5.75 Å². The number of aryl methyl sites for hydroxylation is 1.